The molecule has 0 saturated carbocycles. The third-order valence-corrected chi connectivity index (χ3v) is 5.78. The van der Waals surface area contributed by atoms with Crippen LogP contribution in [-0.2, 0) is 14.3 Å². The number of ether oxygens (including phenoxy) is 1. The van der Waals surface area contributed by atoms with Crippen molar-refractivity contribution in [3.05, 3.63) is 59.7 Å². The Hall–Kier alpha value is -2.80. The quantitative estimate of drug-likeness (QED) is 0.635. The highest BCUT2D eigenvalue weighted by Gasteiger charge is 2.29. The Morgan fingerprint density at radius 2 is 1.66 bits per heavy atom. The normalized spacial score (nSPS) is 13.3. The maximum Gasteiger partial charge on any atom is 0.407 e. The topological polar surface area (TPSA) is 92.7 Å². The van der Waals surface area contributed by atoms with Crippen molar-refractivity contribution in [3.63, 3.8) is 0 Å². The molecule has 1 unspecified atom stereocenters. The zero-order valence-corrected chi connectivity index (χ0v) is 16.9. The van der Waals surface area contributed by atoms with Crippen molar-refractivity contribution in [2.24, 2.45) is 0 Å². The van der Waals surface area contributed by atoms with Crippen LogP contribution in [-0.4, -0.2) is 40.7 Å². The fraction of sp³-hybridized carbons (Fsp3) is 0.318. The summed E-state index contributed by atoms with van der Waals surface area (Å²) in [5.41, 5.74) is 4.45. The van der Waals surface area contributed by atoms with Crippen molar-refractivity contribution in [1.82, 2.24) is 5.32 Å². The van der Waals surface area contributed by atoms with Gasteiger partial charge in [-0.1, -0.05) is 60.3 Å². The molecule has 1 aliphatic carbocycles. The Morgan fingerprint density at radius 1 is 1.07 bits per heavy atom. The van der Waals surface area contributed by atoms with E-state index in [0.29, 0.717) is 12.2 Å². The molecule has 2 N–H and O–H groups in total. The number of fused-ring (bicyclic) bond motifs is 3. The predicted molar refractivity (Wildman–Crippen MR) is 112 cm³/mol. The number of carbonyl (C=O) groups is 3. The summed E-state index contributed by atoms with van der Waals surface area (Å²) in [6, 6.07) is 15.0. The van der Waals surface area contributed by atoms with Gasteiger partial charge in [0.05, 0.1) is 0 Å². The number of alkyl carbamates (subject to hydrolysis) is 1. The molecular weight excluding hydrogens is 390 g/mol. The van der Waals surface area contributed by atoms with Gasteiger partial charge < -0.3 is 15.2 Å². The van der Waals surface area contributed by atoms with Crippen LogP contribution in [0.4, 0.5) is 4.79 Å². The van der Waals surface area contributed by atoms with Crippen LogP contribution in [0.25, 0.3) is 11.1 Å². The number of benzene rings is 2. The van der Waals surface area contributed by atoms with Crippen LogP contribution in [0, 0.1) is 0 Å². The molecule has 0 fully saturated rings. The Labute approximate surface area is 173 Å². The van der Waals surface area contributed by atoms with Crippen molar-refractivity contribution in [3.8, 4) is 11.1 Å². The molecule has 29 heavy (non-hydrogen) atoms. The first kappa shape index (κ1) is 20.9. The summed E-state index contributed by atoms with van der Waals surface area (Å²) in [6.45, 7) is 1.60. The second kappa shape index (κ2) is 9.60. The minimum atomic E-state index is -1.12. The monoisotopic (exact) mass is 413 g/mol. The standard InChI is InChI=1S/C22H23NO5S/c1-14(24)29-12-6-11-20(21(25)26)23-22(27)28-13-19-17-9-4-2-7-15(17)16-8-3-5-10-18(16)19/h2-5,7-10,19-20H,6,11-13H2,1H3,(H,23,27)(H,25,26). The summed E-state index contributed by atoms with van der Waals surface area (Å²) >= 11 is 1.14. The van der Waals surface area contributed by atoms with Crippen molar-refractivity contribution in [2.45, 2.75) is 31.7 Å². The van der Waals surface area contributed by atoms with Gasteiger partial charge in [-0.3, -0.25) is 4.79 Å². The summed E-state index contributed by atoms with van der Waals surface area (Å²) in [5.74, 6) is -0.680. The molecule has 1 atom stereocenters. The lowest BCUT2D eigenvalue weighted by Crippen LogP contribution is -2.41. The molecule has 2 aromatic rings. The smallest absolute Gasteiger partial charge is 0.407 e. The number of hydrogen-bond acceptors (Lipinski definition) is 5. The summed E-state index contributed by atoms with van der Waals surface area (Å²) in [5, 5.41) is 11.7. The molecule has 6 nitrogen and oxygen atoms in total. The van der Waals surface area contributed by atoms with Crippen LogP contribution >= 0.6 is 11.8 Å². The summed E-state index contributed by atoms with van der Waals surface area (Å²) < 4.78 is 5.39. The fourth-order valence-corrected chi connectivity index (χ4v) is 4.14. The van der Waals surface area contributed by atoms with E-state index in [1.165, 1.54) is 6.92 Å². The van der Waals surface area contributed by atoms with Crippen LogP contribution in [0.1, 0.15) is 36.8 Å². The highest BCUT2D eigenvalue weighted by atomic mass is 32.2. The molecule has 0 saturated heterocycles. The average molecular weight is 413 g/mol. The molecule has 2 aromatic carbocycles. The van der Waals surface area contributed by atoms with Gasteiger partial charge in [-0.15, -0.1) is 0 Å². The molecule has 0 aliphatic heterocycles. The molecule has 0 bridgehead atoms. The van der Waals surface area contributed by atoms with Crippen molar-refractivity contribution < 1.29 is 24.2 Å². The van der Waals surface area contributed by atoms with Crippen LogP contribution < -0.4 is 5.32 Å². The molecule has 0 aromatic heterocycles. The van der Waals surface area contributed by atoms with Gasteiger partial charge in [0.25, 0.3) is 0 Å². The second-order valence-electron chi connectivity index (χ2n) is 6.84. The minimum absolute atomic E-state index is 0.0126. The number of thioether (sulfide) groups is 1. The third-order valence-electron chi connectivity index (χ3n) is 4.88. The van der Waals surface area contributed by atoms with Gasteiger partial charge in [-0.05, 0) is 35.1 Å². The largest absolute Gasteiger partial charge is 0.480 e. The van der Waals surface area contributed by atoms with Gasteiger partial charge in [0, 0.05) is 18.6 Å². The van der Waals surface area contributed by atoms with Gasteiger partial charge in [-0.25, -0.2) is 9.59 Å². The predicted octanol–water partition coefficient (Wildman–Crippen LogP) is 4.04. The third kappa shape index (κ3) is 5.17. The average Bonchev–Trinajstić information content (AvgIpc) is 3.02. The number of aliphatic carboxylic acids is 1. The molecule has 152 valence electrons. The first-order valence-corrected chi connectivity index (χ1v) is 10.4. The van der Waals surface area contributed by atoms with E-state index in [1.54, 1.807) is 0 Å². The molecule has 1 amide bonds. The molecule has 0 heterocycles. The summed E-state index contributed by atoms with van der Waals surface area (Å²) in [4.78, 5) is 34.6. The van der Waals surface area contributed by atoms with E-state index >= 15 is 0 Å². The lowest BCUT2D eigenvalue weighted by Gasteiger charge is -2.17. The zero-order valence-electron chi connectivity index (χ0n) is 16.1. The van der Waals surface area contributed by atoms with E-state index in [2.05, 4.69) is 5.32 Å². The number of rotatable bonds is 8. The lowest BCUT2D eigenvalue weighted by atomic mass is 9.98. The van der Waals surface area contributed by atoms with Gasteiger partial charge in [-0.2, -0.15) is 0 Å². The van der Waals surface area contributed by atoms with Crippen LogP contribution in [0.15, 0.2) is 48.5 Å². The first-order chi connectivity index (χ1) is 14.0. The number of carbonyl (C=O) groups excluding carboxylic acids is 2. The zero-order chi connectivity index (χ0) is 20.8. The lowest BCUT2D eigenvalue weighted by molar-refractivity contribution is -0.139. The Kier molecular flexibility index (Phi) is 6.93. The SMILES string of the molecule is CC(=O)SCCCC(NC(=O)OCC1c2ccccc2-c2ccccc21)C(=O)O. The van der Waals surface area contributed by atoms with Gasteiger partial charge in [0.2, 0.25) is 0 Å². The van der Waals surface area contributed by atoms with E-state index < -0.39 is 18.1 Å². The molecule has 0 spiro atoms. The first-order valence-electron chi connectivity index (χ1n) is 9.45. The summed E-state index contributed by atoms with van der Waals surface area (Å²) in [6.07, 6.45) is -0.0107. The number of carboxylic acids is 1. The minimum Gasteiger partial charge on any atom is -0.480 e. The molecule has 7 heteroatoms. The van der Waals surface area contributed by atoms with Crippen LogP contribution in [0.5, 0.6) is 0 Å². The van der Waals surface area contributed by atoms with Crippen molar-refractivity contribution >= 4 is 28.9 Å². The Balaban J connectivity index is 1.58. The second-order valence-corrected chi connectivity index (χ2v) is 8.11. The fourth-order valence-electron chi connectivity index (χ4n) is 3.54. The Morgan fingerprint density at radius 3 is 2.21 bits per heavy atom. The number of carboxylic acid groups (broad SMARTS) is 1. The highest BCUT2D eigenvalue weighted by Crippen LogP contribution is 2.44. The van der Waals surface area contributed by atoms with E-state index in [9.17, 15) is 19.5 Å². The van der Waals surface area contributed by atoms with E-state index in [4.69, 9.17) is 4.74 Å². The molecule has 0 radical (unpaired) electrons. The maximum atomic E-state index is 12.2. The van der Waals surface area contributed by atoms with Crippen LogP contribution in [0.3, 0.4) is 0 Å². The van der Waals surface area contributed by atoms with Gasteiger partial charge in [0.15, 0.2) is 5.12 Å². The van der Waals surface area contributed by atoms with E-state index in [1.807, 2.05) is 48.5 Å². The number of nitrogens with one attached hydrogen (secondary N) is 1. The molecule has 3 rings (SSSR count). The van der Waals surface area contributed by atoms with E-state index in [0.717, 1.165) is 34.0 Å². The molecular formula is C22H23NO5S. The maximum absolute atomic E-state index is 12.2. The summed E-state index contributed by atoms with van der Waals surface area (Å²) in [7, 11) is 0. The highest BCUT2D eigenvalue weighted by molar-refractivity contribution is 8.13. The molecule has 1 aliphatic rings. The van der Waals surface area contributed by atoms with Gasteiger partial charge >= 0.3 is 12.1 Å². The van der Waals surface area contributed by atoms with Gasteiger partial charge in [0.1, 0.15) is 12.6 Å². The van der Waals surface area contributed by atoms with E-state index in [-0.39, 0.29) is 24.1 Å². The van der Waals surface area contributed by atoms with Crippen molar-refractivity contribution in [1.29, 1.82) is 0 Å². The number of amides is 1. The Bertz CT molecular complexity index is 868. The number of hydrogen-bond donors (Lipinski definition) is 2. The van der Waals surface area contributed by atoms with Crippen molar-refractivity contribution in [2.75, 3.05) is 12.4 Å². The van der Waals surface area contributed by atoms with Crippen LogP contribution in [0.2, 0.25) is 0 Å².